The molecule has 1 aromatic heterocycles. The zero-order valence-corrected chi connectivity index (χ0v) is 15.8. The van der Waals surface area contributed by atoms with Crippen LogP contribution in [0.2, 0.25) is 0 Å². The molecule has 0 aliphatic heterocycles. The molecule has 0 saturated carbocycles. The second-order valence-electron chi connectivity index (χ2n) is 5.99. The Hall–Kier alpha value is -2.61. The Morgan fingerprint density at radius 3 is 2.59 bits per heavy atom. The summed E-state index contributed by atoms with van der Waals surface area (Å²) in [6.07, 6.45) is -4.39. The van der Waals surface area contributed by atoms with Crippen LogP contribution in [0.4, 0.5) is 19.0 Å². The van der Waals surface area contributed by atoms with Gasteiger partial charge >= 0.3 is 6.18 Å². The fourth-order valence-corrected chi connectivity index (χ4v) is 2.97. The van der Waals surface area contributed by atoms with Gasteiger partial charge in [-0.25, -0.2) is 0 Å². The highest BCUT2D eigenvalue weighted by atomic mass is 79.9. The van der Waals surface area contributed by atoms with Crippen molar-refractivity contribution < 1.29 is 18.0 Å². The number of benzene rings is 2. The molecule has 2 aromatic carbocycles. The lowest BCUT2D eigenvalue weighted by Gasteiger charge is -2.09. The Morgan fingerprint density at radius 1 is 1.15 bits per heavy atom. The van der Waals surface area contributed by atoms with E-state index >= 15 is 0 Å². The highest BCUT2D eigenvalue weighted by Crippen LogP contribution is 2.29. The molecule has 1 amide bonds. The van der Waals surface area contributed by atoms with Crippen molar-refractivity contribution in [3.8, 4) is 0 Å². The van der Waals surface area contributed by atoms with Gasteiger partial charge in [-0.15, -0.1) is 0 Å². The Morgan fingerprint density at radius 2 is 1.89 bits per heavy atom. The van der Waals surface area contributed by atoms with Gasteiger partial charge in [0, 0.05) is 21.8 Å². The third kappa shape index (κ3) is 4.77. The van der Waals surface area contributed by atoms with Crippen molar-refractivity contribution in [2.24, 2.45) is 0 Å². The SMILES string of the molecule is Cc1cc(NC(=O)c2cccc(Br)c2)nn1Cc1cccc(C(F)(F)F)c1. The molecule has 4 nitrogen and oxygen atoms in total. The maximum Gasteiger partial charge on any atom is 0.416 e. The Kier molecular flexibility index (Phi) is 5.36. The van der Waals surface area contributed by atoms with Crippen LogP contribution in [0.3, 0.4) is 0 Å². The van der Waals surface area contributed by atoms with E-state index in [4.69, 9.17) is 0 Å². The summed E-state index contributed by atoms with van der Waals surface area (Å²) >= 11 is 3.31. The first-order valence-electron chi connectivity index (χ1n) is 8.00. The lowest BCUT2D eigenvalue weighted by atomic mass is 10.1. The number of carbonyl (C=O) groups excluding carboxylic acids is 1. The highest BCUT2D eigenvalue weighted by molar-refractivity contribution is 9.10. The number of anilines is 1. The average Bonchev–Trinajstić information content (AvgIpc) is 2.93. The van der Waals surface area contributed by atoms with E-state index in [1.807, 2.05) is 6.07 Å². The minimum absolute atomic E-state index is 0.169. The van der Waals surface area contributed by atoms with Crippen LogP contribution in [0.15, 0.2) is 59.1 Å². The zero-order chi connectivity index (χ0) is 19.6. The molecule has 0 aliphatic carbocycles. The lowest BCUT2D eigenvalue weighted by molar-refractivity contribution is -0.137. The minimum Gasteiger partial charge on any atom is -0.305 e. The van der Waals surface area contributed by atoms with E-state index in [2.05, 4.69) is 26.3 Å². The lowest BCUT2D eigenvalue weighted by Crippen LogP contribution is -2.13. The molecule has 0 unspecified atom stereocenters. The minimum atomic E-state index is -4.39. The van der Waals surface area contributed by atoms with Crippen molar-refractivity contribution in [3.05, 3.63) is 81.5 Å². The topological polar surface area (TPSA) is 46.9 Å². The maximum absolute atomic E-state index is 12.8. The fraction of sp³-hybridized carbons (Fsp3) is 0.158. The summed E-state index contributed by atoms with van der Waals surface area (Å²) in [6, 6.07) is 13.7. The van der Waals surface area contributed by atoms with Gasteiger partial charge in [-0.1, -0.05) is 34.1 Å². The first kappa shape index (κ1) is 19.2. The van der Waals surface area contributed by atoms with Gasteiger partial charge in [-0.2, -0.15) is 18.3 Å². The van der Waals surface area contributed by atoms with E-state index in [9.17, 15) is 18.0 Å². The number of alkyl halides is 3. The number of hydrogen-bond donors (Lipinski definition) is 1. The number of rotatable bonds is 4. The molecule has 0 atom stereocenters. The number of aryl methyl sites for hydroxylation is 1. The Labute approximate surface area is 162 Å². The van der Waals surface area contributed by atoms with Crippen LogP contribution in [-0.4, -0.2) is 15.7 Å². The van der Waals surface area contributed by atoms with Crippen LogP contribution in [0.25, 0.3) is 0 Å². The molecule has 0 aliphatic rings. The molecule has 0 radical (unpaired) electrons. The van der Waals surface area contributed by atoms with Crippen molar-refractivity contribution in [2.75, 3.05) is 5.32 Å². The molecular weight excluding hydrogens is 423 g/mol. The van der Waals surface area contributed by atoms with Crippen molar-refractivity contribution in [1.29, 1.82) is 0 Å². The molecular formula is C19H15BrF3N3O. The van der Waals surface area contributed by atoms with Crippen molar-refractivity contribution in [3.63, 3.8) is 0 Å². The molecule has 27 heavy (non-hydrogen) atoms. The molecule has 0 fully saturated rings. The number of hydrogen-bond acceptors (Lipinski definition) is 2. The van der Waals surface area contributed by atoms with Crippen molar-refractivity contribution in [2.45, 2.75) is 19.6 Å². The van der Waals surface area contributed by atoms with E-state index < -0.39 is 11.7 Å². The zero-order valence-electron chi connectivity index (χ0n) is 14.2. The second-order valence-corrected chi connectivity index (χ2v) is 6.91. The summed E-state index contributed by atoms with van der Waals surface area (Å²) in [5.74, 6) is 0.0180. The van der Waals surface area contributed by atoms with E-state index in [1.54, 1.807) is 41.9 Å². The second kappa shape index (κ2) is 7.56. The van der Waals surface area contributed by atoms with Gasteiger partial charge in [0.2, 0.25) is 0 Å². The Balaban J connectivity index is 1.76. The van der Waals surface area contributed by atoms with Crippen LogP contribution in [-0.2, 0) is 12.7 Å². The highest BCUT2D eigenvalue weighted by Gasteiger charge is 2.30. The smallest absolute Gasteiger partial charge is 0.305 e. The first-order valence-corrected chi connectivity index (χ1v) is 8.79. The van der Waals surface area contributed by atoms with Crippen LogP contribution in [0.5, 0.6) is 0 Å². The van der Waals surface area contributed by atoms with Gasteiger partial charge in [0.1, 0.15) is 0 Å². The molecule has 1 N–H and O–H groups in total. The summed E-state index contributed by atoms with van der Waals surface area (Å²) in [5.41, 5.74) is 0.959. The van der Waals surface area contributed by atoms with Gasteiger partial charge in [0.25, 0.3) is 5.91 Å². The third-order valence-electron chi connectivity index (χ3n) is 3.90. The van der Waals surface area contributed by atoms with Crippen LogP contribution >= 0.6 is 15.9 Å². The molecule has 1 heterocycles. The predicted octanol–water partition coefficient (Wildman–Crippen LogP) is 5.27. The van der Waals surface area contributed by atoms with Gasteiger partial charge in [-0.05, 0) is 42.8 Å². The number of halogens is 4. The van der Waals surface area contributed by atoms with Gasteiger partial charge in [0.15, 0.2) is 5.82 Å². The quantitative estimate of drug-likeness (QED) is 0.603. The van der Waals surface area contributed by atoms with Crippen LogP contribution in [0.1, 0.15) is 27.2 Å². The molecule has 0 spiro atoms. The van der Waals surface area contributed by atoms with Crippen LogP contribution < -0.4 is 5.32 Å². The fourth-order valence-electron chi connectivity index (χ4n) is 2.57. The van der Waals surface area contributed by atoms with E-state index in [-0.39, 0.29) is 12.5 Å². The molecule has 3 rings (SSSR count). The number of amides is 1. The summed E-state index contributed by atoms with van der Waals surface area (Å²) in [7, 11) is 0. The Bertz CT molecular complexity index is 982. The molecule has 0 bridgehead atoms. The monoisotopic (exact) mass is 437 g/mol. The molecule has 140 valence electrons. The van der Waals surface area contributed by atoms with E-state index in [0.717, 1.165) is 22.3 Å². The average molecular weight is 438 g/mol. The van der Waals surface area contributed by atoms with Gasteiger partial charge in [0.05, 0.1) is 12.1 Å². The number of carbonyl (C=O) groups is 1. The van der Waals surface area contributed by atoms with Gasteiger partial charge in [-0.3, -0.25) is 9.48 Å². The summed E-state index contributed by atoms with van der Waals surface area (Å²) < 4.78 is 40.9. The third-order valence-corrected chi connectivity index (χ3v) is 4.39. The number of aromatic nitrogens is 2. The predicted molar refractivity (Wildman–Crippen MR) is 99.6 cm³/mol. The van der Waals surface area contributed by atoms with Crippen molar-refractivity contribution >= 4 is 27.7 Å². The number of nitrogens with one attached hydrogen (secondary N) is 1. The van der Waals surface area contributed by atoms with Crippen LogP contribution in [0, 0.1) is 6.92 Å². The van der Waals surface area contributed by atoms with Crippen molar-refractivity contribution in [1.82, 2.24) is 9.78 Å². The van der Waals surface area contributed by atoms with E-state index in [1.165, 1.54) is 6.07 Å². The largest absolute Gasteiger partial charge is 0.416 e. The molecule has 8 heteroatoms. The summed E-state index contributed by atoms with van der Waals surface area (Å²) in [4.78, 5) is 12.3. The molecule has 0 saturated heterocycles. The van der Waals surface area contributed by atoms with E-state index in [0.29, 0.717) is 16.9 Å². The number of nitrogens with zero attached hydrogens (tertiary/aromatic N) is 2. The summed E-state index contributed by atoms with van der Waals surface area (Å²) in [6.45, 7) is 1.94. The van der Waals surface area contributed by atoms with Gasteiger partial charge < -0.3 is 5.32 Å². The molecule has 3 aromatic rings. The maximum atomic E-state index is 12.8. The first-order chi connectivity index (χ1) is 12.7. The normalized spacial score (nSPS) is 11.4. The standard InChI is InChI=1S/C19H15BrF3N3O/c1-12-8-17(24-18(27)14-5-3-7-16(20)10-14)25-26(12)11-13-4-2-6-15(9-13)19(21,22)23/h2-10H,11H2,1H3,(H,24,25,27). The summed E-state index contributed by atoms with van der Waals surface area (Å²) in [5, 5.41) is 6.97.